The molecule has 7 heteroatoms. The number of benzene rings is 1. The smallest absolute Gasteiger partial charge is 0.342 e. The molecule has 0 fully saturated rings. The SMILES string of the molecule is COC(=O)c1c(C)sc2c1OC(N)=C(C#N)[C@@H]2c1ccc(OC)cc1. The van der Waals surface area contributed by atoms with Crippen LogP contribution in [0.3, 0.4) is 0 Å². The van der Waals surface area contributed by atoms with Crippen LogP contribution in [0.15, 0.2) is 35.7 Å². The second-order valence-corrected chi connectivity index (χ2v) is 6.67. The van der Waals surface area contributed by atoms with E-state index >= 15 is 0 Å². The highest BCUT2D eigenvalue weighted by Crippen LogP contribution is 2.49. The van der Waals surface area contributed by atoms with Crippen LogP contribution in [0.4, 0.5) is 0 Å². The van der Waals surface area contributed by atoms with Gasteiger partial charge < -0.3 is 19.9 Å². The predicted molar refractivity (Wildman–Crippen MR) is 92.7 cm³/mol. The number of methoxy groups -OCH3 is 2. The lowest BCUT2D eigenvalue weighted by atomic mass is 9.88. The molecule has 2 heterocycles. The average Bonchev–Trinajstić information content (AvgIpc) is 2.95. The van der Waals surface area contributed by atoms with Gasteiger partial charge >= 0.3 is 5.97 Å². The maximum atomic E-state index is 12.1. The quantitative estimate of drug-likeness (QED) is 0.849. The van der Waals surface area contributed by atoms with Crippen LogP contribution in [0.5, 0.6) is 11.5 Å². The molecule has 0 aliphatic carbocycles. The van der Waals surface area contributed by atoms with E-state index in [0.717, 1.165) is 15.3 Å². The fourth-order valence-electron chi connectivity index (χ4n) is 2.85. The summed E-state index contributed by atoms with van der Waals surface area (Å²) in [4.78, 5) is 13.6. The van der Waals surface area contributed by atoms with Crippen LogP contribution < -0.4 is 15.2 Å². The molecule has 0 spiro atoms. The summed E-state index contributed by atoms with van der Waals surface area (Å²) in [6.45, 7) is 1.81. The summed E-state index contributed by atoms with van der Waals surface area (Å²) < 4.78 is 15.7. The van der Waals surface area contributed by atoms with Crippen LogP contribution in [-0.2, 0) is 4.74 Å². The van der Waals surface area contributed by atoms with Crippen molar-refractivity contribution in [3.05, 3.63) is 56.6 Å². The summed E-state index contributed by atoms with van der Waals surface area (Å²) in [5, 5.41) is 9.57. The van der Waals surface area contributed by atoms with Gasteiger partial charge in [-0.2, -0.15) is 5.26 Å². The minimum absolute atomic E-state index is 0.00114. The van der Waals surface area contributed by atoms with E-state index in [1.54, 1.807) is 7.11 Å². The number of thiophene rings is 1. The normalized spacial score (nSPS) is 15.8. The van der Waals surface area contributed by atoms with E-state index in [2.05, 4.69) is 6.07 Å². The molecule has 128 valence electrons. The molecule has 1 atom stereocenters. The monoisotopic (exact) mass is 356 g/mol. The van der Waals surface area contributed by atoms with Crippen molar-refractivity contribution in [2.24, 2.45) is 5.73 Å². The van der Waals surface area contributed by atoms with E-state index in [0.29, 0.717) is 22.6 Å². The molecule has 0 unspecified atom stereocenters. The third-order valence-corrected chi connectivity index (χ3v) is 5.20. The number of carbonyl (C=O) groups is 1. The van der Waals surface area contributed by atoms with E-state index in [4.69, 9.17) is 19.9 Å². The number of hydrogen-bond donors (Lipinski definition) is 1. The molecule has 1 aromatic carbocycles. The topological polar surface area (TPSA) is 94.6 Å². The number of nitriles is 1. The number of hydrogen-bond acceptors (Lipinski definition) is 7. The fraction of sp³-hybridized carbons (Fsp3) is 0.222. The van der Waals surface area contributed by atoms with Crippen molar-refractivity contribution in [3.8, 4) is 17.6 Å². The average molecular weight is 356 g/mol. The van der Waals surface area contributed by atoms with Gasteiger partial charge in [-0.25, -0.2) is 4.79 Å². The number of fused-ring (bicyclic) bond motifs is 1. The molecule has 2 aromatic rings. The Hall–Kier alpha value is -2.98. The maximum absolute atomic E-state index is 12.1. The molecular weight excluding hydrogens is 340 g/mol. The third kappa shape index (κ3) is 2.71. The first-order valence-corrected chi connectivity index (χ1v) is 8.26. The zero-order valence-corrected chi connectivity index (χ0v) is 14.8. The number of nitrogens with zero attached hydrogens (tertiary/aromatic N) is 1. The number of esters is 1. The molecule has 6 nitrogen and oxygen atoms in total. The zero-order chi connectivity index (χ0) is 18.1. The first-order valence-electron chi connectivity index (χ1n) is 7.45. The molecular formula is C18H16N2O4S. The van der Waals surface area contributed by atoms with Gasteiger partial charge in [0.2, 0.25) is 5.88 Å². The van der Waals surface area contributed by atoms with Crippen molar-refractivity contribution in [3.63, 3.8) is 0 Å². The molecule has 1 aromatic heterocycles. The number of allylic oxidation sites excluding steroid dienone is 1. The van der Waals surface area contributed by atoms with Crippen LogP contribution in [0.2, 0.25) is 0 Å². The van der Waals surface area contributed by atoms with Gasteiger partial charge in [-0.15, -0.1) is 11.3 Å². The predicted octanol–water partition coefficient (Wildman–Crippen LogP) is 3.07. The van der Waals surface area contributed by atoms with Gasteiger partial charge in [-0.1, -0.05) is 12.1 Å². The lowest BCUT2D eigenvalue weighted by Gasteiger charge is -2.24. The fourth-order valence-corrected chi connectivity index (χ4v) is 4.06. The van der Waals surface area contributed by atoms with Crippen LogP contribution in [0.1, 0.15) is 31.6 Å². The van der Waals surface area contributed by atoms with Crippen molar-refractivity contribution in [2.75, 3.05) is 14.2 Å². The summed E-state index contributed by atoms with van der Waals surface area (Å²) in [5.74, 6) is 0.188. The van der Waals surface area contributed by atoms with Crippen LogP contribution in [0.25, 0.3) is 0 Å². The van der Waals surface area contributed by atoms with E-state index in [1.807, 2.05) is 31.2 Å². The van der Waals surface area contributed by atoms with E-state index in [1.165, 1.54) is 18.4 Å². The summed E-state index contributed by atoms with van der Waals surface area (Å²) >= 11 is 1.40. The van der Waals surface area contributed by atoms with Gasteiger partial charge in [0.1, 0.15) is 23.0 Å². The Kier molecular flexibility index (Phi) is 4.38. The molecule has 2 N–H and O–H groups in total. The maximum Gasteiger partial charge on any atom is 0.342 e. The molecule has 1 aliphatic heterocycles. The number of nitrogens with two attached hydrogens (primary N) is 1. The number of aryl methyl sites for hydroxylation is 1. The third-order valence-electron chi connectivity index (χ3n) is 4.05. The molecule has 1 aliphatic rings. The Morgan fingerprint density at radius 3 is 2.56 bits per heavy atom. The number of carbonyl (C=O) groups excluding carboxylic acids is 1. The van der Waals surface area contributed by atoms with Crippen molar-refractivity contribution in [1.82, 2.24) is 0 Å². The first-order chi connectivity index (χ1) is 12.0. The zero-order valence-electron chi connectivity index (χ0n) is 14.0. The summed E-state index contributed by atoms with van der Waals surface area (Å²) in [7, 11) is 2.90. The molecule has 3 rings (SSSR count). The lowest BCUT2D eigenvalue weighted by molar-refractivity contribution is 0.0597. The van der Waals surface area contributed by atoms with Crippen molar-refractivity contribution in [2.45, 2.75) is 12.8 Å². The summed E-state index contributed by atoms with van der Waals surface area (Å²) in [6.07, 6.45) is 0. The highest BCUT2D eigenvalue weighted by atomic mass is 32.1. The summed E-state index contributed by atoms with van der Waals surface area (Å²) in [5.41, 5.74) is 7.50. The van der Waals surface area contributed by atoms with Crippen molar-refractivity contribution >= 4 is 17.3 Å². The Morgan fingerprint density at radius 1 is 1.32 bits per heavy atom. The van der Waals surface area contributed by atoms with Crippen molar-refractivity contribution in [1.29, 1.82) is 5.26 Å². The summed E-state index contributed by atoms with van der Waals surface area (Å²) in [6, 6.07) is 9.51. The van der Waals surface area contributed by atoms with Gasteiger partial charge in [0.25, 0.3) is 0 Å². The molecule has 0 bridgehead atoms. The Bertz CT molecular complexity index is 906. The highest BCUT2D eigenvalue weighted by Gasteiger charge is 2.36. The lowest BCUT2D eigenvalue weighted by Crippen LogP contribution is -2.21. The van der Waals surface area contributed by atoms with Crippen LogP contribution >= 0.6 is 11.3 Å². The Morgan fingerprint density at radius 2 is 2.00 bits per heavy atom. The Labute approximate surface area is 149 Å². The minimum Gasteiger partial charge on any atom is -0.497 e. The Balaban J connectivity index is 2.20. The van der Waals surface area contributed by atoms with Gasteiger partial charge in [0.15, 0.2) is 5.75 Å². The number of ether oxygens (including phenoxy) is 3. The van der Waals surface area contributed by atoms with E-state index in [9.17, 15) is 10.1 Å². The molecule has 0 saturated heterocycles. The molecule has 25 heavy (non-hydrogen) atoms. The molecule has 0 amide bonds. The minimum atomic E-state index is -0.489. The molecule has 0 radical (unpaired) electrons. The van der Waals surface area contributed by atoms with Crippen LogP contribution in [0, 0.1) is 18.3 Å². The van der Waals surface area contributed by atoms with Crippen LogP contribution in [-0.4, -0.2) is 20.2 Å². The van der Waals surface area contributed by atoms with Gasteiger partial charge in [0, 0.05) is 4.88 Å². The second kappa shape index (κ2) is 6.49. The van der Waals surface area contributed by atoms with Gasteiger partial charge in [0.05, 0.1) is 25.0 Å². The standard InChI is InChI=1S/C18H16N2O4S/c1-9-13(18(21)23-3)15-16(25-9)14(12(8-19)17(20)24-15)10-4-6-11(22-2)7-5-10/h4-7,14H,20H2,1-3H3/t14-/m0/s1. The first kappa shape index (κ1) is 16.9. The molecule has 0 saturated carbocycles. The van der Waals surface area contributed by atoms with E-state index < -0.39 is 11.9 Å². The second-order valence-electron chi connectivity index (χ2n) is 5.42. The van der Waals surface area contributed by atoms with Gasteiger partial charge in [-0.3, -0.25) is 0 Å². The number of rotatable bonds is 3. The highest BCUT2D eigenvalue weighted by molar-refractivity contribution is 7.12. The van der Waals surface area contributed by atoms with E-state index in [-0.39, 0.29) is 5.88 Å². The van der Waals surface area contributed by atoms with Crippen molar-refractivity contribution < 1.29 is 19.0 Å². The largest absolute Gasteiger partial charge is 0.497 e. The van der Waals surface area contributed by atoms with Gasteiger partial charge in [-0.05, 0) is 24.6 Å².